The number of hydrogen-bond acceptors (Lipinski definition) is 3. The molecule has 8 heteroatoms. The molecule has 1 radical (unpaired) electrons. The van der Waals surface area contributed by atoms with Gasteiger partial charge >= 0.3 is 6.18 Å². The summed E-state index contributed by atoms with van der Waals surface area (Å²) in [6, 6.07) is 6.70. The van der Waals surface area contributed by atoms with Crippen molar-refractivity contribution >= 4 is 21.6 Å². The van der Waals surface area contributed by atoms with E-state index in [9.17, 15) is 13.2 Å². The standard InChI is InChI=1S/C14H14BrF3N3.Y/c15-3-4-20-5-7-21(8-6-20)12-2-1-11(10-19)13(9-12)14(16,17)18;/h1-2H,3-8H2;/q-1;. The average Bonchev–Trinajstić information content (AvgIpc) is 2.47. The van der Waals surface area contributed by atoms with E-state index in [-0.39, 0.29) is 38.3 Å². The van der Waals surface area contributed by atoms with Crippen LogP contribution in [0.25, 0.3) is 0 Å². The molecule has 0 atom stereocenters. The maximum absolute atomic E-state index is 12.9. The van der Waals surface area contributed by atoms with Crippen molar-refractivity contribution in [3.63, 3.8) is 0 Å². The Balaban J connectivity index is 0.00000242. The molecule has 0 bridgehead atoms. The predicted molar refractivity (Wildman–Crippen MR) is 77.4 cm³/mol. The van der Waals surface area contributed by atoms with Crippen LogP contribution in [0.2, 0.25) is 0 Å². The van der Waals surface area contributed by atoms with E-state index < -0.39 is 11.7 Å². The molecule has 2 rings (SSSR count). The summed E-state index contributed by atoms with van der Waals surface area (Å²) in [5.74, 6) is 0. The van der Waals surface area contributed by atoms with Crippen molar-refractivity contribution in [2.75, 3.05) is 43.0 Å². The quantitative estimate of drug-likeness (QED) is 0.525. The van der Waals surface area contributed by atoms with E-state index in [1.165, 1.54) is 12.1 Å². The van der Waals surface area contributed by atoms with E-state index in [0.717, 1.165) is 25.0 Å². The number of anilines is 1. The second-order valence-corrected chi connectivity index (χ2v) is 5.55. The molecule has 22 heavy (non-hydrogen) atoms. The van der Waals surface area contributed by atoms with Gasteiger partial charge in [-0.15, -0.1) is 12.1 Å². The molecule has 3 nitrogen and oxygen atoms in total. The zero-order chi connectivity index (χ0) is 15.5. The number of benzene rings is 1. The summed E-state index contributed by atoms with van der Waals surface area (Å²) < 4.78 is 38.8. The van der Waals surface area contributed by atoms with E-state index in [0.29, 0.717) is 18.8 Å². The molecule has 117 valence electrons. The molecule has 0 spiro atoms. The first-order valence-electron chi connectivity index (χ1n) is 6.52. The molecule has 0 amide bonds. The number of alkyl halides is 4. The maximum atomic E-state index is 12.9. The van der Waals surface area contributed by atoms with Crippen molar-refractivity contribution in [2.24, 2.45) is 0 Å². The first-order chi connectivity index (χ1) is 9.95. The second-order valence-electron chi connectivity index (χ2n) is 4.76. The largest absolute Gasteiger partial charge is 0.395 e. The van der Waals surface area contributed by atoms with Gasteiger partial charge in [-0.25, -0.2) is 5.26 Å². The van der Waals surface area contributed by atoms with Crippen LogP contribution in [0.4, 0.5) is 18.9 Å². The van der Waals surface area contributed by atoms with Crippen LogP contribution in [0.5, 0.6) is 0 Å². The van der Waals surface area contributed by atoms with Crippen LogP contribution in [0.1, 0.15) is 11.1 Å². The van der Waals surface area contributed by atoms with Crippen molar-refractivity contribution in [2.45, 2.75) is 6.18 Å². The van der Waals surface area contributed by atoms with Gasteiger partial charge in [-0.05, 0) is 11.1 Å². The van der Waals surface area contributed by atoms with Crippen molar-refractivity contribution in [1.82, 2.24) is 4.90 Å². The SMILES string of the molecule is N#Cc1ccc(N2CCN(CCBr)CC2)[c-]c1C(F)(F)F.[Y]. The second kappa shape index (κ2) is 8.63. The van der Waals surface area contributed by atoms with Crippen molar-refractivity contribution in [3.8, 4) is 6.07 Å². The van der Waals surface area contributed by atoms with Crippen LogP contribution in [-0.2, 0) is 38.9 Å². The summed E-state index contributed by atoms with van der Waals surface area (Å²) in [5.41, 5.74) is -0.964. The van der Waals surface area contributed by atoms with Crippen molar-refractivity contribution < 1.29 is 45.9 Å². The normalized spacial score (nSPS) is 16.0. The zero-order valence-electron chi connectivity index (χ0n) is 11.8. The fourth-order valence-electron chi connectivity index (χ4n) is 2.32. The number of nitrogens with zero attached hydrogens (tertiary/aromatic N) is 3. The van der Waals surface area contributed by atoms with Crippen LogP contribution in [0, 0.1) is 17.4 Å². The molecule has 1 saturated heterocycles. The van der Waals surface area contributed by atoms with Crippen LogP contribution in [0.3, 0.4) is 0 Å². The van der Waals surface area contributed by atoms with E-state index in [4.69, 9.17) is 5.26 Å². The fraction of sp³-hybridized carbons (Fsp3) is 0.500. The number of hydrogen-bond donors (Lipinski definition) is 0. The first-order valence-corrected chi connectivity index (χ1v) is 7.64. The third kappa shape index (κ3) is 4.92. The summed E-state index contributed by atoms with van der Waals surface area (Å²) in [5, 5.41) is 9.67. The van der Waals surface area contributed by atoms with E-state index in [1.807, 2.05) is 4.90 Å². The van der Waals surface area contributed by atoms with E-state index in [2.05, 4.69) is 26.9 Å². The van der Waals surface area contributed by atoms with E-state index >= 15 is 0 Å². The van der Waals surface area contributed by atoms with Crippen LogP contribution < -0.4 is 4.90 Å². The Morgan fingerprint density at radius 3 is 2.36 bits per heavy atom. The molecule has 0 unspecified atom stereocenters. The summed E-state index contributed by atoms with van der Waals surface area (Å²) in [6.07, 6.45) is -4.56. The van der Waals surface area contributed by atoms with Gasteiger partial charge in [0, 0.05) is 76.8 Å². The Hall–Kier alpha value is -0.156. The number of halogens is 4. The van der Waals surface area contributed by atoms with Crippen LogP contribution in [-0.4, -0.2) is 43.0 Å². The first kappa shape index (κ1) is 19.9. The Labute approximate surface area is 161 Å². The Kier molecular flexibility index (Phi) is 7.80. The smallest absolute Gasteiger partial charge is 0.391 e. The molecular formula is C14H14BrF3N3Y-. The number of piperazine rings is 1. The van der Waals surface area contributed by atoms with Crippen LogP contribution in [0.15, 0.2) is 12.1 Å². The minimum atomic E-state index is -4.56. The predicted octanol–water partition coefficient (Wildman–Crippen LogP) is 2.89. The molecule has 1 fully saturated rings. The summed E-state index contributed by atoms with van der Waals surface area (Å²) in [4.78, 5) is 4.13. The van der Waals surface area contributed by atoms with Crippen LogP contribution >= 0.6 is 15.9 Å². The molecule has 0 aromatic heterocycles. The molecule has 0 aliphatic carbocycles. The summed E-state index contributed by atoms with van der Waals surface area (Å²) in [7, 11) is 0. The number of nitriles is 1. The average molecular weight is 450 g/mol. The molecule has 0 N–H and O–H groups in total. The summed E-state index contributed by atoms with van der Waals surface area (Å²) >= 11 is 3.38. The van der Waals surface area contributed by atoms with Crippen molar-refractivity contribution in [1.29, 1.82) is 5.26 Å². The zero-order valence-corrected chi connectivity index (χ0v) is 16.3. The molecule has 1 aliphatic heterocycles. The number of rotatable bonds is 3. The minimum Gasteiger partial charge on any atom is -0.391 e. The van der Waals surface area contributed by atoms with Gasteiger partial charge in [-0.3, -0.25) is 4.90 Å². The third-order valence-corrected chi connectivity index (χ3v) is 3.80. The Morgan fingerprint density at radius 1 is 1.23 bits per heavy atom. The molecule has 1 aromatic carbocycles. The van der Waals surface area contributed by atoms with Crippen molar-refractivity contribution in [3.05, 3.63) is 29.3 Å². The topological polar surface area (TPSA) is 30.3 Å². The molecule has 1 aliphatic rings. The van der Waals surface area contributed by atoms with Gasteiger partial charge in [-0.2, -0.15) is 19.2 Å². The monoisotopic (exact) mass is 449 g/mol. The fourth-order valence-corrected chi connectivity index (χ4v) is 2.82. The van der Waals surface area contributed by atoms with Gasteiger partial charge in [0.1, 0.15) is 0 Å². The minimum absolute atomic E-state index is 0. The maximum Gasteiger partial charge on any atom is 0.395 e. The van der Waals surface area contributed by atoms with Gasteiger partial charge in [0.05, 0.1) is 0 Å². The molecule has 1 aromatic rings. The molecule has 1 heterocycles. The van der Waals surface area contributed by atoms with Gasteiger partial charge < -0.3 is 4.90 Å². The molecule has 0 saturated carbocycles. The van der Waals surface area contributed by atoms with Gasteiger partial charge in [0.15, 0.2) is 0 Å². The Bertz CT molecular complexity index is 537. The van der Waals surface area contributed by atoms with Gasteiger partial charge in [0.2, 0.25) is 0 Å². The Morgan fingerprint density at radius 2 is 1.86 bits per heavy atom. The van der Waals surface area contributed by atoms with Gasteiger partial charge in [0.25, 0.3) is 0 Å². The summed E-state index contributed by atoms with van der Waals surface area (Å²) in [6.45, 7) is 3.86. The van der Waals surface area contributed by atoms with Gasteiger partial charge in [-0.1, -0.05) is 21.6 Å². The molecular weight excluding hydrogens is 436 g/mol. The van der Waals surface area contributed by atoms with E-state index in [1.54, 1.807) is 6.07 Å². The third-order valence-electron chi connectivity index (χ3n) is 3.45.